The summed E-state index contributed by atoms with van der Waals surface area (Å²) in [4.78, 5) is 152. The normalized spacial score (nSPS) is 16.4. The molecule has 27 heteroatoms. The summed E-state index contributed by atoms with van der Waals surface area (Å²) >= 11 is 8.26. The van der Waals surface area contributed by atoms with Gasteiger partial charge in [-0.1, -0.05) is 59.7 Å². The third-order valence-electron chi connectivity index (χ3n) is 12.9. The maximum Gasteiger partial charge on any atom is 0.326 e. The lowest BCUT2D eigenvalue weighted by molar-refractivity contribution is -0.143. The number of aromatic amines is 1. The summed E-state index contributed by atoms with van der Waals surface area (Å²) in [6, 6.07) is -4.20. The maximum atomic E-state index is 14.6. The molecule has 0 radical (unpaired) electrons. The van der Waals surface area contributed by atoms with Crippen LogP contribution < -0.4 is 59.7 Å². The average molecular weight is 1130 g/mol. The summed E-state index contributed by atoms with van der Waals surface area (Å²) < 4.78 is 0. The number of rotatable bonds is 33. The molecule has 0 saturated carbocycles. The molecule has 0 aliphatic carbocycles. The van der Waals surface area contributed by atoms with E-state index in [-0.39, 0.29) is 62.0 Å². The molecule has 3 rings (SSSR count). The van der Waals surface area contributed by atoms with Crippen LogP contribution in [0.15, 0.2) is 30.5 Å². The Balaban J connectivity index is 1.85. The van der Waals surface area contributed by atoms with Crippen LogP contribution in [0.3, 0.4) is 0 Å². The third kappa shape index (κ3) is 20.7. The molecule has 16 N–H and O–H groups in total. The number of hydrogen-bond donors (Lipinski definition) is 15. The van der Waals surface area contributed by atoms with Gasteiger partial charge in [0.25, 0.3) is 0 Å². The molecule has 1 aliphatic rings. The Bertz CT molecular complexity index is 2420. The van der Waals surface area contributed by atoms with Gasteiger partial charge in [0, 0.05) is 41.6 Å². The third-order valence-corrected chi connectivity index (χ3v) is 13.6. The first kappa shape index (κ1) is 65.8. The van der Waals surface area contributed by atoms with Crippen molar-refractivity contribution in [1.82, 2.24) is 52.4 Å². The van der Waals surface area contributed by atoms with E-state index < -0.39 is 138 Å². The van der Waals surface area contributed by atoms with Gasteiger partial charge >= 0.3 is 5.97 Å². The molecule has 1 aromatic heterocycles. The van der Waals surface area contributed by atoms with Gasteiger partial charge in [0.15, 0.2) is 0 Å². The molecule has 78 heavy (non-hydrogen) atoms. The molecule has 10 amide bonds. The summed E-state index contributed by atoms with van der Waals surface area (Å²) in [5.41, 5.74) is 18.0. The minimum atomic E-state index is -1.64. The minimum Gasteiger partial charge on any atom is -0.480 e. The number of carboxylic acid groups (broad SMARTS) is 1. The van der Waals surface area contributed by atoms with Crippen molar-refractivity contribution in [3.05, 3.63) is 36.0 Å². The van der Waals surface area contributed by atoms with Crippen LogP contribution in [0.2, 0.25) is 0 Å². The number of carboxylic acids is 1. The van der Waals surface area contributed by atoms with E-state index >= 15 is 0 Å². The number of nitrogens with two attached hydrogens (primary N) is 3. The van der Waals surface area contributed by atoms with Crippen LogP contribution in [-0.2, 0) is 59.2 Å². The van der Waals surface area contributed by atoms with Crippen LogP contribution in [0, 0.1) is 17.8 Å². The van der Waals surface area contributed by atoms with E-state index in [1.54, 1.807) is 38.2 Å². The number of carbonyl (C=O) groups is 11. The molecule has 1 aromatic carbocycles. The molecule has 1 saturated heterocycles. The Labute approximate surface area is 465 Å². The summed E-state index contributed by atoms with van der Waals surface area (Å²) in [5.74, 6) is -10.1. The van der Waals surface area contributed by atoms with Crippen molar-refractivity contribution in [2.45, 2.75) is 154 Å². The number of amides is 10. The first-order valence-corrected chi connectivity index (χ1v) is 27.5. The monoisotopic (exact) mass is 1130 g/mol. The van der Waals surface area contributed by atoms with Gasteiger partial charge in [-0.2, -0.15) is 25.3 Å². The van der Waals surface area contributed by atoms with Gasteiger partial charge in [-0.3, -0.25) is 47.9 Å². The van der Waals surface area contributed by atoms with Gasteiger partial charge in [0.1, 0.15) is 48.3 Å². The predicted molar refractivity (Wildman–Crippen MR) is 297 cm³/mol. The van der Waals surface area contributed by atoms with Crippen LogP contribution in [0.25, 0.3) is 10.9 Å². The molecule has 1 fully saturated rings. The van der Waals surface area contributed by atoms with Crippen molar-refractivity contribution >= 4 is 101 Å². The molecule has 0 spiro atoms. The van der Waals surface area contributed by atoms with Crippen molar-refractivity contribution < 1.29 is 57.8 Å². The van der Waals surface area contributed by atoms with E-state index in [2.05, 4.69) is 72.8 Å². The fraction of sp³-hybridized carbons (Fsp3) is 0.627. The second kappa shape index (κ2) is 32.5. The second-order valence-corrected chi connectivity index (χ2v) is 21.4. The Morgan fingerprint density at radius 2 is 1.29 bits per heavy atom. The lowest BCUT2D eigenvalue weighted by Crippen LogP contribution is -2.61. The zero-order chi connectivity index (χ0) is 58.4. The number of carbonyl (C=O) groups excluding carboxylic acids is 10. The number of thiol groups is 2. The van der Waals surface area contributed by atoms with Crippen molar-refractivity contribution in [3.63, 3.8) is 0 Å². The van der Waals surface area contributed by atoms with Crippen LogP contribution in [-0.4, -0.2) is 166 Å². The largest absolute Gasteiger partial charge is 0.480 e. The molecular weight excluding hydrogens is 1050 g/mol. The molecule has 434 valence electrons. The fourth-order valence-corrected chi connectivity index (χ4v) is 9.17. The van der Waals surface area contributed by atoms with Crippen LogP contribution in [0.4, 0.5) is 0 Å². The number of likely N-dealkylation sites (tertiary alicyclic amines) is 1. The molecular formula is C51H81N13O12S2. The summed E-state index contributed by atoms with van der Waals surface area (Å²) in [6.07, 6.45) is 2.49. The Morgan fingerprint density at radius 1 is 0.705 bits per heavy atom. The number of H-pyrrole nitrogens is 1. The molecule has 0 unspecified atom stereocenters. The summed E-state index contributed by atoms with van der Waals surface area (Å²) in [7, 11) is 0. The highest BCUT2D eigenvalue weighted by Crippen LogP contribution is 2.23. The molecule has 1 aliphatic heterocycles. The Morgan fingerprint density at radius 3 is 1.90 bits per heavy atom. The number of benzene rings is 1. The van der Waals surface area contributed by atoms with Gasteiger partial charge in [-0.05, 0) is 80.9 Å². The quantitative estimate of drug-likeness (QED) is 0.0278. The number of nitrogens with one attached hydrogen (secondary N) is 9. The summed E-state index contributed by atoms with van der Waals surface area (Å²) in [6.45, 7) is 10.6. The number of fused-ring (bicyclic) bond motifs is 1. The number of nitrogens with zero attached hydrogens (tertiary/aromatic N) is 1. The number of aromatic nitrogens is 1. The number of para-hydroxylation sites is 1. The number of primary amides is 1. The predicted octanol–water partition coefficient (Wildman–Crippen LogP) is -1.76. The standard InChI is InChI=1S/C51H81N13O12S2/c1-26(2)18-34(57-41(66)23-56-43(67)31(53)24-77)44(68)62-38(25-78)47(71)63-42(28(5)6)49(73)61-37(19-27(3)4)50(74)64-17-11-15-39(64)48(72)60-35(20-29-22-55-32-13-8-7-12-30(29)32)45(69)59-36(21-40(54)65)46(70)58-33(51(75)76)14-9-10-16-52/h7-8,12-13,22,26-28,31,33-39,42,55,77-78H,9-11,14-21,23-25,52-53H2,1-6H3,(H2,54,65)(H,56,67)(H,57,66)(H,58,70)(H,59,69)(H,60,72)(H,61,73)(H,62,68)(H,63,71)(H,75,76)/t31-,33-,34-,35-,36-,37-,38-,39-,42-/m0/s1. The maximum absolute atomic E-state index is 14.6. The molecule has 25 nitrogen and oxygen atoms in total. The lowest BCUT2D eigenvalue weighted by atomic mass is 9.99. The molecule has 2 aromatic rings. The van der Waals surface area contributed by atoms with Crippen molar-refractivity contribution in [2.24, 2.45) is 35.0 Å². The van der Waals surface area contributed by atoms with Gasteiger partial charge in [-0.25, -0.2) is 4.79 Å². The minimum absolute atomic E-state index is 0.0178. The highest BCUT2D eigenvalue weighted by atomic mass is 32.1. The van der Waals surface area contributed by atoms with Crippen LogP contribution >= 0.6 is 25.3 Å². The smallest absolute Gasteiger partial charge is 0.326 e. The zero-order valence-electron chi connectivity index (χ0n) is 45.2. The number of unbranched alkanes of at least 4 members (excludes halogenated alkanes) is 1. The van der Waals surface area contributed by atoms with E-state index in [0.717, 1.165) is 10.9 Å². The summed E-state index contributed by atoms with van der Waals surface area (Å²) in [5, 5.41) is 31.2. The van der Waals surface area contributed by atoms with Crippen molar-refractivity contribution in [1.29, 1.82) is 0 Å². The van der Waals surface area contributed by atoms with Gasteiger partial charge in [-0.15, -0.1) is 0 Å². The van der Waals surface area contributed by atoms with E-state index in [9.17, 15) is 57.8 Å². The highest BCUT2D eigenvalue weighted by molar-refractivity contribution is 7.80. The number of aliphatic carboxylic acids is 1. The highest BCUT2D eigenvalue weighted by Gasteiger charge is 2.41. The zero-order valence-corrected chi connectivity index (χ0v) is 47.0. The van der Waals surface area contributed by atoms with Crippen LogP contribution in [0.5, 0.6) is 0 Å². The van der Waals surface area contributed by atoms with E-state index in [1.165, 1.54) is 4.90 Å². The van der Waals surface area contributed by atoms with E-state index in [0.29, 0.717) is 31.4 Å². The molecule has 9 atom stereocenters. The Kier molecular flexibility index (Phi) is 27.4. The van der Waals surface area contributed by atoms with E-state index in [1.807, 2.05) is 33.8 Å². The van der Waals surface area contributed by atoms with Crippen molar-refractivity contribution in [3.8, 4) is 0 Å². The number of hydrogen-bond acceptors (Lipinski definition) is 15. The van der Waals surface area contributed by atoms with Gasteiger partial charge in [0.05, 0.1) is 19.0 Å². The first-order chi connectivity index (χ1) is 36.8. The van der Waals surface area contributed by atoms with Crippen molar-refractivity contribution in [2.75, 3.05) is 31.1 Å². The van der Waals surface area contributed by atoms with Crippen LogP contribution in [0.1, 0.15) is 98.5 Å². The second-order valence-electron chi connectivity index (χ2n) is 20.7. The topological polar surface area (TPSA) is 401 Å². The first-order valence-electron chi connectivity index (χ1n) is 26.2. The van der Waals surface area contributed by atoms with Gasteiger partial charge < -0.3 is 74.7 Å². The molecule has 2 heterocycles. The average Bonchev–Trinajstić information content (AvgIpc) is 4.05. The van der Waals surface area contributed by atoms with Gasteiger partial charge in [0.2, 0.25) is 59.1 Å². The SMILES string of the molecule is CC(C)C[C@H](NC(=O)CNC(=O)[C@@H](N)CS)C(=O)N[C@@H](CS)C(=O)N[C@H](C(=O)N[C@@H](CC(C)C)C(=O)N1CCC[C@H]1C(=O)N[C@@H](Cc1c[nH]c2ccccc12)C(=O)N[C@@H](CC(N)=O)C(=O)N[C@@H](CCCCN)C(=O)O)C(C)C. The van der Waals surface area contributed by atoms with E-state index in [4.69, 9.17) is 17.2 Å². The Hall–Kier alpha value is -6.45. The molecule has 0 bridgehead atoms. The lowest BCUT2D eigenvalue weighted by Gasteiger charge is -2.32. The fourth-order valence-electron chi connectivity index (χ4n) is 8.75.